The molecule has 0 bridgehead atoms. The number of ether oxygens (including phenoxy) is 1. The molecule has 202 valence electrons. The number of aromatic nitrogens is 1. The normalized spacial score (nSPS) is 21.2. The van der Waals surface area contributed by atoms with Gasteiger partial charge in [-0.3, -0.25) is 9.69 Å². The molecule has 5 rings (SSSR count). The number of amides is 1. The van der Waals surface area contributed by atoms with Crippen LogP contribution in [0.5, 0.6) is 5.75 Å². The molecule has 0 atom stereocenters. The van der Waals surface area contributed by atoms with Crippen molar-refractivity contribution in [2.75, 3.05) is 53.4 Å². The summed E-state index contributed by atoms with van der Waals surface area (Å²) < 4.78 is 11.7. The average Bonchev–Trinajstić information content (AvgIpc) is 3.63. The topological polar surface area (TPSA) is 62.1 Å². The zero-order chi connectivity index (χ0) is 25.8. The Morgan fingerprint density at radius 2 is 1.89 bits per heavy atom. The summed E-state index contributed by atoms with van der Waals surface area (Å²) in [6.45, 7) is 8.16. The predicted molar refractivity (Wildman–Crippen MR) is 145 cm³/mol. The molecule has 0 radical (unpaired) electrons. The standard InChI is InChI=1S/C30H44N4O3/c1-23-26(21-32(2)3)28(31-37-23)29(35)34-16-14-30(15-17-34)13-7-6-9-25-8-4-5-10-27(25)36-19-18-33(22-30)20-24-11-12-24/h4-5,8,10,24H,6-7,9,11-22H2,1-3H3. The molecule has 1 amide bonds. The van der Waals surface area contributed by atoms with Gasteiger partial charge < -0.3 is 19.1 Å². The number of hydrogen-bond donors (Lipinski definition) is 0. The lowest BCUT2D eigenvalue weighted by molar-refractivity contribution is 0.0361. The van der Waals surface area contributed by atoms with Crippen LogP contribution in [-0.2, 0) is 13.0 Å². The molecule has 37 heavy (non-hydrogen) atoms. The SMILES string of the molecule is Cc1onc(C(=O)N2CCC3(CCCCc4ccccc4OCCN(CC4CC4)C3)CC2)c1CN(C)C. The van der Waals surface area contributed by atoms with E-state index in [1.807, 2.05) is 25.9 Å². The van der Waals surface area contributed by atoms with Crippen molar-refractivity contribution in [3.63, 3.8) is 0 Å². The van der Waals surface area contributed by atoms with Crippen molar-refractivity contribution in [1.82, 2.24) is 19.9 Å². The largest absolute Gasteiger partial charge is 0.492 e. The Labute approximate surface area is 222 Å². The van der Waals surface area contributed by atoms with E-state index in [4.69, 9.17) is 9.26 Å². The number of piperidine rings is 1. The molecule has 2 aliphatic heterocycles. The fourth-order valence-electron chi connectivity index (χ4n) is 6.21. The van der Waals surface area contributed by atoms with Crippen LogP contribution in [0.25, 0.3) is 0 Å². The molecule has 3 aliphatic rings. The number of carbonyl (C=O) groups is 1. The summed E-state index contributed by atoms with van der Waals surface area (Å²) in [5, 5.41) is 4.17. The Bertz CT molecular complexity index is 1050. The number of carbonyl (C=O) groups excluding carboxylic acids is 1. The third kappa shape index (κ3) is 6.55. The van der Waals surface area contributed by atoms with E-state index in [2.05, 4.69) is 39.2 Å². The zero-order valence-corrected chi connectivity index (χ0v) is 23.0. The van der Waals surface area contributed by atoms with Gasteiger partial charge in [0.2, 0.25) is 0 Å². The first-order valence-electron chi connectivity index (χ1n) is 14.2. The Morgan fingerprint density at radius 1 is 1.11 bits per heavy atom. The molecule has 2 fully saturated rings. The van der Waals surface area contributed by atoms with Crippen molar-refractivity contribution in [3.05, 3.63) is 46.8 Å². The highest BCUT2D eigenvalue weighted by Crippen LogP contribution is 2.40. The Morgan fingerprint density at radius 3 is 2.65 bits per heavy atom. The fraction of sp³-hybridized carbons (Fsp3) is 0.667. The Hall–Kier alpha value is -2.38. The summed E-state index contributed by atoms with van der Waals surface area (Å²) in [6.07, 6.45) is 9.53. The number of rotatable bonds is 5. The lowest BCUT2D eigenvalue weighted by Crippen LogP contribution is -2.49. The van der Waals surface area contributed by atoms with E-state index < -0.39 is 0 Å². The first kappa shape index (κ1) is 26.2. The van der Waals surface area contributed by atoms with E-state index in [-0.39, 0.29) is 11.3 Å². The van der Waals surface area contributed by atoms with Crippen LogP contribution in [0.1, 0.15) is 72.3 Å². The number of benzene rings is 1. The maximum Gasteiger partial charge on any atom is 0.276 e. The van der Waals surface area contributed by atoms with Gasteiger partial charge in [0.05, 0.1) is 0 Å². The number of aryl methyl sites for hydroxylation is 2. The third-order valence-corrected chi connectivity index (χ3v) is 8.59. The molecule has 1 saturated heterocycles. The van der Waals surface area contributed by atoms with Gasteiger partial charge in [-0.05, 0) is 88.9 Å². The van der Waals surface area contributed by atoms with Gasteiger partial charge in [-0.2, -0.15) is 0 Å². The minimum atomic E-state index is 0.0246. The maximum absolute atomic E-state index is 13.5. The van der Waals surface area contributed by atoms with Crippen LogP contribution in [0.15, 0.2) is 28.8 Å². The van der Waals surface area contributed by atoms with E-state index in [1.54, 1.807) is 0 Å². The van der Waals surface area contributed by atoms with Crippen molar-refractivity contribution in [3.8, 4) is 5.75 Å². The molecular weight excluding hydrogens is 464 g/mol. The average molecular weight is 509 g/mol. The summed E-state index contributed by atoms with van der Waals surface area (Å²) in [4.78, 5) is 20.2. The van der Waals surface area contributed by atoms with Crippen molar-refractivity contribution in [2.45, 2.75) is 64.8 Å². The molecular formula is C30H44N4O3. The van der Waals surface area contributed by atoms with Gasteiger partial charge in [-0.25, -0.2) is 0 Å². The van der Waals surface area contributed by atoms with E-state index in [9.17, 15) is 4.79 Å². The Kier molecular flexibility index (Phi) is 8.20. The summed E-state index contributed by atoms with van der Waals surface area (Å²) in [5.41, 5.74) is 3.00. The van der Waals surface area contributed by atoms with Gasteiger partial charge in [0.25, 0.3) is 5.91 Å². The van der Waals surface area contributed by atoms with Gasteiger partial charge >= 0.3 is 0 Å². The molecule has 1 saturated carbocycles. The molecule has 3 heterocycles. The van der Waals surface area contributed by atoms with Crippen molar-refractivity contribution in [1.29, 1.82) is 0 Å². The third-order valence-electron chi connectivity index (χ3n) is 8.59. The van der Waals surface area contributed by atoms with E-state index in [0.717, 1.165) is 75.0 Å². The number of para-hydroxylation sites is 1. The highest BCUT2D eigenvalue weighted by Gasteiger charge is 2.39. The minimum absolute atomic E-state index is 0.0246. The molecule has 2 aromatic rings. The lowest BCUT2D eigenvalue weighted by atomic mass is 9.73. The molecule has 1 spiro atoms. The molecule has 7 nitrogen and oxygen atoms in total. The second-order valence-corrected chi connectivity index (χ2v) is 11.9. The van der Waals surface area contributed by atoms with E-state index in [0.29, 0.717) is 12.2 Å². The van der Waals surface area contributed by atoms with Crippen LogP contribution < -0.4 is 4.74 Å². The highest BCUT2D eigenvalue weighted by atomic mass is 16.5. The number of likely N-dealkylation sites (tertiary alicyclic amines) is 1. The van der Waals surface area contributed by atoms with Crippen molar-refractivity contribution < 1.29 is 14.1 Å². The van der Waals surface area contributed by atoms with E-state index >= 15 is 0 Å². The number of fused-ring (bicyclic) bond motifs is 1. The summed E-state index contributed by atoms with van der Waals surface area (Å²) in [5.74, 6) is 2.68. The zero-order valence-electron chi connectivity index (χ0n) is 23.0. The van der Waals surface area contributed by atoms with Crippen LogP contribution in [0, 0.1) is 18.3 Å². The van der Waals surface area contributed by atoms with Gasteiger partial charge in [-0.1, -0.05) is 29.8 Å². The van der Waals surface area contributed by atoms with Gasteiger partial charge in [0, 0.05) is 44.8 Å². The predicted octanol–water partition coefficient (Wildman–Crippen LogP) is 4.78. The van der Waals surface area contributed by atoms with Gasteiger partial charge in [-0.15, -0.1) is 0 Å². The molecule has 1 aliphatic carbocycles. The molecule has 7 heteroatoms. The second kappa shape index (κ2) is 11.6. The lowest BCUT2D eigenvalue weighted by Gasteiger charge is -2.45. The quantitative estimate of drug-likeness (QED) is 0.579. The molecule has 0 N–H and O–H groups in total. The first-order valence-corrected chi connectivity index (χ1v) is 14.2. The highest BCUT2D eigenvalue weighted by molar-refractivity contribution is 5.93. The van der Waals surface area contributed by atoms with Crippen LogP contribution in [-0.4, -0.2) is 79.2 Å². The monoisotopic (exact) mass is 508 g/mol. The summed E-state index contributed by atoms with van der Waals surface area (Å²) in [7, 11) is 4.01. The van der Waals surface area contributed by atoms with E-state index in [1.165, 1.54) is 44.2 Å². The minimum Gasteiger partial charge on any atom is -0.492 e. The van der Waals surface area contributed by atoms with Crippen LogP contribution in [0.4, 0.5) is 0 Å². The summed E-state index contributed by atoms with van der Waals surface area (Å²) >= 11 is 0. The second-order valence-electron chi connectivity index (χ2n) is 11.9. The fourth-order valence-corrected chi connectivity index (χ4v) is 6.21. The molecule has 1 aromatic heterocycles. The smallest absolute Gasteiger partial charge is 0.276 e. The number of hydrogen-bond acceptors (Lipinski definition) is 6. The molecule has 0 unspecified atom stereocenters. The Balaban J connectivity index is 1.28. The van der Waals surface area contributed by atoms with Crippen LogP contribution in [0.2, 0.25) is 0 Å². The van der Waals surface area contributed by atoms with Crippen LogP contribution >= 0.6 is 0 Å². The van der Waals surface area contributed by atoms with Crippen molar-refractivity contribution in [2.24, 2.45) is 11.3 Å². The van der Waals surface area contributed by atoms with Gasteiger partial charge in [0.1, 0.15) is 18.1 Å². The van der Waals surface area contributed by atoms with Gasteiger partial charge in [0.15, 0.2) is 5.69 Å². The molecule has 1 aromatic carbocycles. The number of nitrogens with zero attached hydrogens (tertiary/aromatic N) is 4. The van der Waals surface area contributed by atoms with Crippen molar-refractivity contribution >= 4 is 5.91 Å². The maximum atomic E-state index is 13.5. The van der Waals surface area contributed by atoms with Crippen LogP contribution in [0.3, 0.4) is 0 Å². The summed E-state index contributed by atoms with van der Waals surface area (Å²) in [6, 6.07) is 8.56. The first-order chi connectivity index (χ1) is 17.9.